The molecule has 3 N–H and O–H groups in total. The summed E-state index contributed by atoms with van der Waals surface area (Å²) >= 11 is 1.53. The molecule has 1 aliphatic carbocycles. The van der Waals surface area contributed by atoms with E-state index in [0.29, 0.717) is 24.7 Å². The summed E-state index contributed by atoms with van der Waals surface area (Å²) in [6, 6.07) is 19.7. The normalized spacial score (nSPS) is 13.3. The smallest absolute Gasteiger partial charge is 0.223 e. The van der Waals surface area contributed by atoms with Crippen LogP contribution in [0.1, 0.15) is 32.1 Å². The van der Waals surface area contributed by atoms with E-state index in [-0.39, 0.29) is 23.3 Å². The van der Waals surface area contributed by atoms with Gasteiger partial charge in [0.2, 0.25) is 5.91 Å². The van der Waals surface area contributed by atoms with E-state index in [9.17, 15) is 15.0 Å². The molecular weight excluding hydrogens is 474 g/mol. The molecule has 1 aliphatic rings. The van der Waals surface area contributed by atoms with Gasteiger partial charge >= 0.3 is 0 Å². The SMILES string of the molecule is O=C(NCCCCOc1ccc(Oc2c(-c3ccc(O)cc3)sc3cc(O)ccc23)cc1)C1CCC1. The zero-order chi connectivity index (χ0) is 24.9. The van der Waals surface area contributed by atoms with Crippen molar-refractivity contribution in [3.63, 3.8) is 0 Å². The number of hydrogen-bond donors (Lipinski definition) is 3. The molecule has 1 heterocycles. The van der Waals surface area contributed by atoms with Gasteiger partial charge in [-0.15, -0.1) is 11.3 Å². The lowest BCUT2D eigenvalue weighted by Crippen LogP contribution is -2.35. The third-order valence-corrected chi connectivity index (χ3v) is 7.60. The fourth-order valence-corrected chi connectivity index (χ4v) is 5.30. The number of fused-ring (bicyclic) bond motifs is 1. The molecule has 1 saturated carbocycles. The topological polar surface area (TPSA) is 88.0 Å². The second kappa shape index (κ2) is 10.9. The number of nitrogens with one attached hydrogen (secondary N) is 1. The van der Waals surface area contributed by atoms with Crippen LogP contribution in [0.15, 0.2) is 66.7 Å². The molecule has 0 aliphatic heterocycles. The first kappa shape index (κ1) is 24.0. The Morgan fingerprint density at radius 1 is 0.917 bits per heavy atom. The first-order chi connectivity index (χ1) is 17.6. The lowest BCUT2D eigenvalue weighted by Gasteiger charge is -2.23. The molecule has 1 amide bonds. The maximum atomic E-state index is 11.9. The average molecular weight is 504 g/mol. The highest BCUT2D eigenvalue weighted by Crippen LogP contribution is 2.47. The number of phenolic OH excluding ortho intramolecular Hbond substituents is 2. The fourth-order valence-electron chi connectivity index (χ4n) is 4.13. The van der Waals surface area contributed by atoms with E-state index in [0.717, 1.165) is 52.0 Å². The van der Waals surface area contributed by atoms with Gasteiger partial charge in [-0.05, 0) is 98.0 Å². The van der Waals surface area contributed by atoms with E-state index in [1.54, 1.807) is 24.3 Å². The third kappa shape index (κ3) is 5.57. The Morgan fingerprint density at radius 2 is 1.64 bits per heavy atom. The van der Waals surface area contributed by atoms with Gasteiger partial charge in [0.1, 0.15) is 23.0 Å². The van der Waals surface area contributed by atoms with Gasteiger partial charge in [-0.3, -0.25) is 4.79 Å². The first-order valence-electron chi connectivity index (χ1n) is 12.3. The maximum absolute atomic E-state index is 11.9. The summed E-state index contributed by atoms with van der Waals surface area (Å²) in [5.41, 5.74) is 0.923. The average Bonchev–Trinajstić information content (AvgIpc) is 3.18. The van der Waals surface area contributed by atoms with Crippen LogP contribution in [-0.4, -0.2) is 29.3 Å². The van der Waals surface area contributed by atoms with Crippen molar-refractivity contribution in [3.8, 4) is 39.2 Å². The van der Waals surface area contributed by atoms with Gasteiger partial charge in [-0.2, -0.15) is 0 Å². The van der Waals surface area contributed by atoms with Gasteiger partial charge in [0.25, 0.3) is 0 Å². The number of unbranched alkanes of at least 4 members (excludes halogenated alkanes) is 1. The lowest BCUT2D eigenvalue weighted by atomic mass is 9.85. The Hall–Kier alpha value is -3.71. The molecule has 0 spiro atoms. The Bertz CT molecular complexity index is 1330. The molecule has 0 unspecified atom stereocenters. The Balaban J connectivity index is 1.20. The quantitative estimate of drug-likeness (QED) is 0.206. The molecule has 36 heavy (non-hydrogen) atoms. The van der Waals surface area contributed by atoms with Crippen molar-refractivity contribution >= 4 is 27.3 Å². The second-order valence-corrected chi connectivity index (χ2v) is 10.1. The van der Waals surface area contributed by atoms with Crippen molar-refractivity contribution in [2.24, 2.45) is 5.92 Å². The highest BCUT2D eigenvalue weighted by Gasteiger charge is 2.24. The number of rotatable bonds is 10. The number of hydrogen-bond acceptors (Lipinski definition) is 6. The molecule has 0 radical (unpaired) electrons. The van der Waals surface area contributed by atoms with E-state index in [1.807, 2.05) is 42.5 Å². The predicted molar refractivity (Wildman–Crippen MR) is 142 cm³/mol. The highest BCUT2D eigenvalue weighted by atomic mass is 32.1. The summed E-state index contributed by atoms with van der Waals surface area (Å²) < 4.78 is 13.1. The molecule has 0 atom stereocenters. The number of carbonyl (C=O) groups is 1. The summed E-state index contributed by atoms with van der Waals surface area (Å²) in [5.74, 6) is 2.98. The van der Waals surface area contributed by atoms with Gasteiger partial charge in [0, 0.05) is 22.5 Å². The molecule has 186 valence electrons. The van der Waals surface area contributed by atoms with Crippen molar-refractivity contribution < 1.29 is 24.5 Å². The van der Waals surface area contributed by atoms with Crippen molar-refractivity contribution in [1.82, 2.24) is 5.32 Å². The van der Waals surface area contributed by atoms with Crippen LogP contribution in [0, 0.1) is 5.92 Å². The van der Waals surface area contributed by atoms with Crippen LogP contribution < -0.4 is 14.8 Å². The minimum absolute atomic E-state index is 0.196. The molecular formula is C29H29NO5S. The molecule has 1 fully saturated rings. The van der Waals surface area contributed by atoms with Crippen LogP contribution in [0.3, 0.4) is 0 Å². The molecule has 4 aromatic rings. The molecule has 0 saturated heterocycles. The van der Waals surface area contributed by atoms with Crippen molar-refractivity contribution in [3.05, 3.63) is 66.7 Å². The van der Waals surface area contributed by atoms with E-state index >= 15 is 0 Å². The van der Waals surface area contributed by atoms with Gasteiger partial charge in [-0.25, -0.2) is 0 Å². The number of amides is 1. The third-order valence-electron chi connectivity index (χ3n) is 6.42. The van der Waals surface area contributed by atoms with E-state index in [4.69, 9.17) is 9.47 Å². The van der Waals surface area contributed by atoms with Crippen LogP contribution in [0.4, 0.5) is 0 Å². The van der Waals surface area contributed by atoms with Crippen molar-refractivity contribution in [2.45, 2.75) is 32.1 Å². The van der Waals surface area contributed by atoms with Crippen LogP contribution in [0.2, 0.25) is 0 Å². The fraction of sp³-hybridized carbons (Fsp3) is 0.276. The standard InChI is InChI=1S/C29H29NO5S/c31-21-8-6-19(7-9-21)28-27(25-15-10-22(32)18-26(25)36-28)35-24-13-11-23(12-14-24)34-17-2-1-16-30-29(33)20-4-3-5-20/h6-15,18,20,31-32H,1-5,16-17H2,(H,30,33). The van der Waals surface area contributed by atoms with Crippen LogP contribution in [0.5, 0.6) is 28.7 Å². The number of phenols is 2. The monoisotopic (exact) mass is 503 g/mol. The Labute approximate surface area is 214 Å². The zero-order valence-electron chi connectivity index (χ0n) is 19.9. The minimum atomic E-state index is 0.196. The maximum Gasteiger partial charge on any atom is 0.223 e. The number of carbonyl (C=O) groups excluding carboxylic acids is 1. The summed E-state index contributed by atoms with van der Waals surface area (Å²) in [7, 11) is 0. The molecule has 3 aromatic carbocycles. The lowest BCUT2D eigenvalue weighted by molar-refractivity contribution is -0.127. The highest BCUT2D eigenvalue weighted by molar-refractivity contribution is 7.22. The van der Waals surface area contributed by atoms with E-state index in [2.05, 4.69) is 5.32 Å². The Kier molecular flexibility index (Phi) is 7.28. The van der Waals surface area contributed by atoms with Gasteiger partial charge < -0.3 is 25.0 Å². The molecule has 7 heteroatoms. The van der Waals surface area contributed by atoms with E-state index < -0.39 is 0 Å². The first-order valence-corrected chi connectivity index (χ1v) is 13.1. The number of thiophene rings is 1. The number of aromatic hydroxyl groups is 2. The van der Waals surface area contributed by atoms with Crippen LogP contribution in [0.25, 0.3) is 20.5 Å². The van der Waals surface area contributed by atoms with Gasteiger partial charge in [-0.1, -0.05) is 6.42 Å². The second-order valence-electron chi connectivity index (χ2n) is 9.04. The zero-order valence-corrected chi connectivity index (χ0v) is 20.7. The summed E-state index contributed by atoms with van der Waals surface area (Å²) in [6.07, 6.45) is 4.98. The van der Waals surface area contributed by atoms with Crippen molar-refractivity contribution in [1.29, 1.82) is 0 Å². The summed E-state index contributed by atoms with van der Waals surface area (Å²) in [5, 5.41) is 23.5. The molecule has 1 aromatic heterocycles. The van der Waals surface area contributed by atoms with Gasteiger partial charge in [0.15, 0.2) is 5.75 Å². The van der Waals surface area contributed by atoms with Gasteiger partial charge in [0.05, 0.1) is 11.5 Å². The molecule has 6 nitrogen and oxygen atoms in total. The number of ether oxygens (including phenoxy) is 2. The van der Waals surface area contributed by atoms with Crippen molar-refractivity contribution in [2.75, 3.05) is 13.2 Å². The van der Waals surface area contributed by atoms with Crippen LogP contribution in [-0.2, 0) is 4.79 Å². The summed E-state index contributed by atoms with van der Waals surface area (Å²) in [6.45, 7) is 1.28. The molecule has 0 bridgehead atoms. The molecule has 5 rings (SSSR count). The largest absolute Gasteiger partial charge is 0.508 e. The summed E-state index contributed by atoms with van der Waals surface area (Å²) in [4.78, 5) is 12.8. The Morgan fingerprint density at radius 3 is 2.36 bits per heavy atom. The van der Waals surface area contributed by atoms with E-state index in [1.165, 1.54) is 17.8 Å². The number of benzene rings is 3. The minimum Gasteiger partial charge on any atom is -0.508 e. The van der Waals surface area contributed by atoms with Crippen LogP contribution >= 0.6 is 11.3 Å². The predicted octanol–water partition coefficient (Wildman–Crippen LogP) is 6.85.